The molecule has 0 bridgehead atoms. The number of rotatable bonds is 6. The number of phenolic OH excluding ortho intramolecular Hbond substituents is 1. The van der Waals surface area contributed by atoms with Crippen molar-refractivity contribution in [3.8, 4) is 11.5 Å². The lowest BCUT2D eigenvalue weighted by atomic mass is 10.1. The summed E-state index contributed by atoms with van der Waals surface area (Å²) in [5.41, 5.74) is 3.25. The second kappa shape index (κ2) is 7.91. The van der Waals surface area contributed by atoms with E-state index in [2.05, 4.69) is 10.5 Å². The quantitative estimate of drug-likeness (QED) is 0.475. The monoisotopic (exact) mass is 343 g/mol. The van der Waals surface area contributed by atoms with E-state index >= 15 is 0 Å². The molecule has 0 unspecified atom stereocenters. The average molecular weight is 343 g/mol. The number of phenols is 1. The Morgan fingerprint density at radius 3 is 2.84 bits per heavy atom. The highest BCUT2D eigenvalue weighted by Crippen LogP contribution is 2.26. The highest BCUT2D eigenvalue weighted by atomic mass is 16.6. The minimum Gasteiger partial charge on any atom is -0.504 e. The number of nitro benzene ring substituents is 1. The van der Waals surface area contributed by atoms with Crippen LogP contribution in [0, 0.1) is 17.0 Å². The van der Waals surface area contributed by atoms with Gasteiger partial charge in [-0.3, -0.25) is 14.9 Å². The van der Waals surface area contributed by atoms with Crippen molar-refractivity contribution in [2.24, 2.45) is 5.10 Å². The van der Waals surface area contributed by atoms with Gasteiger partial charge < -0.3 is 9.84 Å². The second-order valence-electron chi connectivity index (χ2n) is 5.07. The van der Waals surface area contributed by atoms with Gasteiger partial charge in [-0.25, -0.2) is 5.43 Å². The van der Waals surface area contributed by atoms with Crippen LogP contribution in [0.15, 0.2) is 41.5 Å². The molecule has 0 heterocycles. The van der Waals surface area contributed by atoms with E-state index in [1.165, 1.54) is 37.4 Å². The first kappa shape index (κ1) is 17.9. The lowest BCUT2D eigenvalue weighted by Crippen LogP contribution is -2.19. The fourth-order valence-corrected chi connectivity index (χ4v) is 2.18. The van der Waals surface area contributed by atoms with Crippen LogP contribution in [0.25, 0.3) is 0 Å². The molecular formula is C17H17N3O5. The molecule has 1 amide bonds. The minimum atomic E-state index is -0.554. The Morgan fingerprint density at radius 2 is 2.16 bits per heavy atom. The molecule has 2 aromatic rings. The summed E-state index contributed by atoms with van der Waals surface area (Å²) in [5, 5.41) is 24.4. The fourth-order valence-electron chi connectivity index (χ4n) is 2.18. The van der Waals surface area contributed by atoms with Crippen LogP contribution in [0.4, 0.5) is 5.69 Å². The predicted octanol–water partition coefficient (Wildman–Crippen LogP) is 2.77. The van der Waals surface area contributed by atoms with Gasteiger partial charge in [-0.05, 0) is 43.7 Å². The molecule has 0 radical (unpaired) electrons. The topological polar surface area (TPSA) is 114 Å². The van der Waals surface area contributed by atoms with Gasteiger partial charge in [0.2, 0.25) is 0 Å². The third kappa shape index (κ3) is 4.31. The Morgan fingerprint density at radius 1 is 1.40 bits per heavy atom. The molecule has 25 heavy (non-hydrogen) atoms. The number of nitrogens with one attached hydrogen (secondary N) is 1. The number of nitrogens with zero attached hydrogens (tertiary/aromatic N) is 2. The molecule has 0 saturated heterocycles. The first-order valence-electron chi connectivity index (χ1n) is 7.47. The molecule has 0 spiro atoms. The number of carbonyl (C=O) groups excluding carboxylic acids is 1. The molecule has 0 atom stereocenters. The first-order chi connectivity index (χ1) is 11.9. The summed E-state index contributed by atoms with van der Waals surface area (Å²) >= 11 is 0. The Bertz CT molecular complexity index is 833. The van der Waals surface area contributed by atoms with Crippen LogP contribution < -0.4 is 10.2 Å². The average Bonchev–Trinajstić information content (AvgIpc) is 2.57. The Labute approximate surface area is 143 Å². The van der Waals surface area contributed by atoms with Crippen molar-refractivity contribution >= 4 is 17.8 Å². The highest BCUT2D eigenvalue weighted by Gasteiger charge is 2.17. The Hall–Kier alpha value is -3.42. The van der Waals surface area contributed by atoms with E-state index < -0.39 is 10.8 Å². The Kier molecular flexibility index (Phi) is 5.67. The van der Waals surface area contributed by atoms with E-state index in [9.17, 15) is 20.0 Å². The Balaban J connectivity index is 2.12. The lowest BCUT2D eigenvalue weighted by molar-refractivity contribution is -0.385. The minimum absolute atomic E-state index is 0.00950. The standard InChI is InChI=1S/C17H17N3O5/c1-3-25-16-9-12(7-8-15(16)21)10-18-19-17(22)13-5-4-6-14(11(13)2)20(23)24/h4-10,21H,3H2,1-2H3,(H,19,22)/b18-10-. The van der Waals surface area contributed by atoms with Gasteiger partial charge in [-0.2, -0.15) is 5.10 Å². The number of aromatic hydroxyl groups is 1. The summed E-state index contributed by atoms with van der Waals surface area (Å²) < 4.78 is 5.26. The number of carbonyl (C=O) groups is 1. The number of amides is 1. The van der Waals surface area contributed by atoms with Crippen LogP contribution >= 0.6 is 0 Å². The zero-order chi connectivity index (χ0) is 18.4. The molecule has 0 aliphatic carbocycles. The van der Waals surface area contributed by atoms with Gasteiger partial charge in [-0.15, -0.1) is 0 Å². The van der Waals surface area contributed by atoms with E-state index in [-0.39, 0.29) is 22.6 Å². The van der Waals surface area contributed by atoms with Gasteiger partial charge in [0.05, 0.1) is 23.3 Å². The number of benzene rings is 2. The largest absolute Gasteiger partial charge is 0.504 e. The molecular weight excluding hydrogens is 326 g/mol. The van der Waals surface area contributed by atoms with Crippen LogP contribution in [0.1, 0.15) is 28.4 Å². The number of nitro groups is 1. The van der Waals surface area contributed by atoms with Gasteiger partial charge >= 0.3 is 0 Å². The van der Waals surface area contributed by atoms with Crippen molar-refractivity contribution in [1.82, 2.24) is 5.43 Å². The van der Waals surface area contributed by atoms with E-state index in [4.69, 9.17) is 4.74 Å². The molecule has 8 heteroatoms. The SMILES string of the molecule is CCOc1cc(/C=N\NC(=O)c2cccc([N+](=O)[O-])c2C)ccc1O. The molecule has 2 N–H and O–H groups in total. The molecule has 0 aliphatic rings. The second-order valence-corrected chi connectivity index (χ2v) is 5.07. The van der Waals surface area contributed by atoms with E-state index in [1.807, 2.05) is 0 Å². The van der Waals surface area contributed by atoms with Crippen LogP contribution in [0.5, 0.6) is 11.5 Å². The van der Waals surface area contributed by atoms with Crippen LogP contribution in [0.2, 0.25) is 0 Å². The maximum absolute atomic E-state index is 12.1. The molecule has 8 nitrogen and oxygen atoms in total. The summed E-state index contributed by atoms with van der Waals surface area (Å²) in [5.74, 6) is -0.233. The van der Waals surface area contributed by atoms with Crippen molar-refractivity contribution in [3.05, 3.63) is 63.2 Å². The third-order valence-electron chi connectivity index (χ3n) is 3.41. The molecule has 2 aromatic carbocycles. The van der Waals surface area contributed by atoms with E-state index in [0.29, 0.717) is 17.9 Å². The lowest BCUT2D eigenvalue weighted by Gasteiger charge is -2.06. The predicted molar refractivity (Wildman–Crippen MR) is 92.2 cm³/mol. The van der Waals surface area contributed by atoms with Gasteiger partial charge in [0.1, 0.15) is 0 Å². The van der Waals surface area contributed by atoms with Crippen LogP contribution in [0.3, 0.4) is 0 Å². The van der Waals surface area contributed by atoms with Crippen molar-refractivity contribution in [2.45, 2.75) is 13.8 Å². The van der Waals surface area contributed by atoms with Crippen LogP contribution in [-0.2, 0) is 0 Å². The van der Waals surface area contributed by atoms with Crippen LogP contribution in [-0.4, -0.2) is 28.8 Å². The summed E-state index contributed by atoms with van der Waals surface area (Å²) in [6.07, 6.45) is 1.38. The summed E-state index contributed by atoms with van der Waals surface area (Å²) in [6.45, 7) is 3.70. The third-order valence-corrected chi connectivity index (χ3v) is 3.41. The smallest absolute Gasteiger partial charge is 0.273 e. The van der Waals surface area contributed by atoms with Gasteiger partial charge in [0, 0.05) is 11.6 Å². The molecule has 2 rings (SSSR count). The van der Waals surface area contributed by atoms with Crippen molar-refractivity contribution < 1.29 is 19.6 Å². The van der Waals surface area contributed by atoms with Crippen molar-refractivity contribution in [2.75, 3.05) is 6.61 Å². The molecule has 0 fully saturated rings. The first-order valence-corrected chi connectivity index (χ1v) is 7.47. The normalized spacial score (nSPS) is 10.6. The number of ether oxygens (including phenoxy) is 1. The number of hydrogen-bond acceptors (Lipinski definition) is 6. The van der Waals surface area contributed by atoms with Gasteiger partial charge in [-0.1, -0.05) is 6.07 Å². The van der Waals surface area contributed by atoms with Gasteiger partial charge in [0.15, 0.2) is 11.5 Å². The summed E-state index contributed by atoms with van der Waals surface area (Å²) in [4.78, 5) is 22.5. The summed E-state index contributed by atoms with van der Waals surface area (Å²) in [7, 11) is 0. The maximum atomic E-state index is 12.1. The fraction of sp³-hybridized carbons (Fsp3) is 0.176. The molecule has 0 saturated carbocycles. The van der Waals surface area contributed by atoms with Crippen molar-refractivity contribution in [3.63, 3.8) is 0 Å². The highest BCUT2D eigenvalue weighted by molar-refractivity contribution is 5.97. The number of hydrogen-bond donors (Lipinski definition) is 2. The van der Waals surface area contributed by atoms with Crippen molar-refractivity contribution in [1.29, 1.82) is 0 Å². The number of hydrazone groups is 1. The molecule has 130 valence electrons. The summed E-state index contributed by atoms with van der Waals surface area (Å²) in [6, 6.07) is 8.90. The molecule has 0 aromatic heterocycles. The zero-order valence-electron chi connectivity index (χ0n) is 13.7. The van der Waals surface area contributed by atoms with E-state index in [1.54, 1.807) is 19.1 Å². The maximum Gasteiger partial charge on any atom is 0.273 e. The zero-order valence-corrected chi connectivity index (χ0v) is 13.7. The van der Waals surface area contributed by atoms with Gasteiger partial charge in [0.25, 0.3) is 11.6 Å². The van der Waals surface area contributed by atoms with E-state index in [0.717, 1.165) is 0 Å². The molecule has 0 aliphatic heterocycles.